The summed E-state index contributed by atoms with van der Waals surface area (Å²) >= 11 is 3.18. The Morgan fingerprint density at radius 3 is 2.48 bits per heavy atom. The van der Waals surface area contributed by atoms with Crippen molar-refractivity contribution >= 4 is 27.7 Å². The molecule has 1 atom stereocenters. The zero-order valence-corrected chi connectivity index (χ0v) is 13.5. The molecule has 1 aromatic carbocycles. The lowest BCUT2D eigenvalue weighted by molar-refractivity contribution is -0.171. The number of hydrogen-bond acceptors (Lipinski definition) is 3. The second-order valence-corrected chi connectivity index (χ2v) is 6.91. The first-order valence-electron chi connectivity index (χ1n) is 6.43. The van der Waals surface area contributed by atoms with Crippen LogP contribution in [0.5, 0.6) is 0 Å². The molecule has 0 saturated heterocycles. The van der Waals surface area contributed by atoms with Gasteiger partial charge in [0.15, 0.2) is 11.2 Å². The fourth-order valence-corrected chi connectivity index (χ4v) is 2.96. The summed E-state index contributed by atoms with van der Waals surface area (Å²) < 4.78 is 32.7. The van der Waals surface area contributed by atoms with Crippen LogP contribution in [-0.2, 0) is 16.0 Å². The minimum Gasteiger partial charge on any atom is -0.459 e. The van der Waals surface area contributed by atoms with Gasteiger partial charge in [0.05, 0.1) is 0 Å². The average Bonchev–Trinajstić information content (AvgIpc) is 2.63. The monoisotopic (exact) mass is 360 g/mol. The Morgan fingerprint density at radius 1 is 1.38 bits per heavy atom. The van der Waals surface area contributed by atoms with Crippen LogP contribution in [-0.4, -0.2) is 23.8 Å². The number of alkyl halides is 2. The molecule has 1 aliphatic rings. The number of ketones is 1. The number of rotatable bonds is 2. The molecule has 1 aromatic rings. The molecular weight excluding hydrogens is 346 g/mol. The predicted octanol–water partition coefficient (Wildman–Crippen LogP) is 3.78. The fraction of sp³-hybridized carbons (Fsp3) is 0.467. The lowest BCUT2D eigenvalue weighted by Crippen LogP contribution is -2.47. The highest BCUT2D eigenvalue weighted by Gasteiger charge is 2.60. The number of benzene rings is 1. The molecule has 0 heterocycles. The molecule has 0 fully saturated rings. The van der Waals surface area contributed by atoms with Crippen molar-refractivity contribution in [3.05, 3.63) is 33.8 Å². The molecule has 6 heteroatoms. The molecule has 0 aromatic heterocycles. The third-order valence-corrected chi connectivity index (χ3v) is 4.00. The number of Topliss-reactive ketones (excluding diaryl/α,β-unsaturated/α-hetero) is 1. The maximum Gasteiger partial charge on any atom is 0.326 e. The molecule has 0 saturated carbocycles. The summed E-state index contributed by atoms with van der Waals surface area (Å²) in [7, 11) is 0. The van der Waals surface area contributed by atoms with Crippen molar-refractivity contribution in [2.75, 3.05) is 0 Å². The van der Waals surface area contributed by atoms with Gasteiger partial charge < -0.3 is 4.74 Å². The molecule has 3 nitrogen and oxygen atoms in total. The van der Waals surface area contributed by atoms with Crippen LogP contribution in [0.4, 0.5) is 8.78 Å². The minimum absolute atomic E-state index is 0.142. The van der Waals surface area contributed by atoms with E-state index in [9.17, 15) is 18.4 Å². The quantitative estimate of drug-likeness (QED) is 0.595. The maximum atomic E-state index is 13.6. The van der Waals surface area contributed by atoms with E-state index in [0.717, 1.165) is 0 Å². The highest BCUT2D eigenvalue weighted by molar-refractivity contribution is 9.10. The van der Waals surface area contributed by atoms with E-state index < -0.39 is 29.2 Å². The van der Waals surface area contributed by atoms with E-state index in [0.29, 0.717) is 10.0 Å². The van der Waals surface area contributed by atoms with Gasteiger partial charge in [0, 0.05) is 16.5 Å². The van der Waals surface area contributed by atoms with E-state index >= 15 is 0 Å². The first-order valence-corrected chi connectivity index (χ1v) is 7.22. The largest absolute Gasteiger partial charge is 0.459 e. The molecule has 21 heavy (non-hydrogen) atoms. The second-order valence-electron chi connectivity index (χ2n) is 6.05. The molecule has 1 unspecified atom stereocenters. The summed E-state index contributed by atoms with van der Waals surface area (Å²) in [5.41, 5.74) is -2.81. The van der Waals surface area contributed by atoms with Gasteiger partial charge in [-0.2, -0.15) is 0 Å². The Hall–Kier alpha value is -1.30. The third kappa shape index (κ3) is 2.61. The molecule has 0 amide bonds. The predicted molar refractivity (Wildman–Crippen MR) is 76.5 cm³/mol. The van der Waals surface area contributed by atoms with Gasteiger partial charge in [-0.15, -0.1) is 0 Å². The maximum absolute atomic E-state index is 13.6. The molecule has 0 spiro atoms. The molecule has 0 N–H and O–H groups in total. The fourth-order valence-electron chi connectivity index (χ4n) is 2.37. The van der Waals surface area contributed by atoms with Crippen molar-refractivity contribution in [2.45, 2.75) is 39.2 Å². The molecule has 0 radical (unpaired) electrons. The van der Waals surface area contributed by atoms with Gasteiger partial charge in [0.25, 0.3) is 6.43 Å². The normalized spacial score (nSPS) is 21.6. The number of esters is 1. The first-order chi connectivity index (χ1) is 9.59. The SMILES string of the molecule is CC(C)(C)OC(=O)C1(C(F)F)Cc2cccc(Br)c2C1=O. The molecule has 0 aliphatic heterocycles. The molecule has 2 rings (SSSR count). The van der Waals surface area contributed by atoms with Crippen LogP contribution in [0, 0.1) is 5.41 Å². The number of hydrogen-bond donors (Lipinski definition) is 0. The lowest BCUT2D eigenvalue weighted by atomic mass is 9.84. The van der Waals surface area contributed by atoms with E-state index in [-0.39, 0.29) is 12.0 Å². The van der Waals surface area contributed by atoms with Crippen LogP contribution in [0.15, 0.2) is 22.7 Å². The molecular formula is C15H15BrF2O3. The highest BCUT2D eigenvalue weighted by Crippen LogP contribution is 2.45. The lowest BCUT2D eigenvalue weighted by Gasteiger charge is -2.29. The van der Waals surface area contributed by atoms with Crippen LogP contribution in [0.1, 0.15) is 36.7 Å². The molecule has 0 bridgehead atoms. The van der Waals surface area contributed by atoms with Crippen LogP contribution < -0.4 is 0 Å². The van der Waals surface area contributed by atoms with Gasteiger partial charge in [-0.1, -0.05) is 28.1 Å². The van der Waals surface area contributed by atoms with Gasteiger partial charge in [0.1, 0.15) is 5.60 Å². The summed E-state index contributed by atoms with van der Waals surface area (Å²) in [4.78, 5) is 24.8. The van der Waals surface area contributed by atoms with Crippen molar-refractivity contribution in [1.82, 2.24) is 0 Å². The number of ether oxygens (including phenoxy) is 1. The van der Waals surface area contributed by atoms with Crippen molar-refractivity contribution in [2.24, 2.45) is 5.41 Å². The minimum atomic E-state index is -3.13. The number of fused-ring (bicyclic) bond motifs is 1. The van der Waals surface area contributed by atoms with Crippen LogP contribution in [0.3, 0.4) is 0 Å². The summed E-state index contributed by atoms with van der Waals surface area (Å²) in [5.74, 6) is -2.05. The van der Waals surface area contributed by atoms with Crippen LogP contribution >= 0.6 is 15.9 Å². The van der Waals surface area contributed by atoms with Gasteiger partial charge >= 0.3 is 5.97 Å². The number of carbonyl (C=O) groups is 2. The zero-order valence-electron chi connectivity index (χ0n) is 11.9. The van der Waals surface area contributed by atoms with Gasteiger partial charge in [-0.3, -0.25) is 9.59 Å². The summed E-state index contributed by atoms with van der Waals surface area (Å²) in [6, 6.07) is 4.81. The van der Waals surface area contributed by atoms with Gasteiger partial charge in [0.2, 0.25) is 0 Å². The Kier molecular flexibility index (Phi) is 3.95. The second kappa shape index (κ2) is 5.16. The molecule has 1 aliphatic carbocycles. The summed E-state index contributed by atoms with van der Waals surface area (Å²) in [6.07, 6.45) is -3.47. The van der Waals surface area contributed by atoms with Crippen molar-refractivity contribution in [1.29, 1.82) is 0 Å². The first kappa shape index (κ1) is 16.1. The third-order valence-electron chi connectivity index (χ3n) is 3.34. The Labute approximate surface area is 129 Å². The standard InChI is InChI=1S/C15H15BrF2O3/c1-14(2,3)21-13(20)15(12(17)18)7-8-5-4-6-9(16)10(8)11(15)19/h4-6,12H,7H2,1-3H3. The van der Waals surface area contributed by atoms with E-state index in [1.165, 1.54) is 0 Å². The van der Waals surface area contributed by atoms with Crippen molar-refractivity contribution in [3.63, 3.8) is 0 Å². The Balaban J connectivity index is 2.51. The van der Waals surface area contributed by atoms with Crippen LogP contribution in [0.2, 0.25) is 0 Å². The van der Waals surface area contributed by atoms with Gasteiger partial charge in [-0.25, -0.2) is 8.78 Å². The Bertz CT molecular complexity index is 607. The topological polar surface area (TPSA) is 43.4 Å². The van der Waals surface area contributed by atoms with Crippen molar-refractivity contribution in [3.8, 4) is 0 Å². The molecule has 114 valence electrons. The van der Waals surface area contributed by atoms with E-state index in [2.05, 4.69) is 15.9 Å². The zero-order chi connectivity index (χ0) is 16.0. The van der Waals surface area contributed by atoms with Crippen LogP contribution in [0.25, 0.3) is 0 Å². The Morgan fingerprint density at radius 2 is 2.00 bits per heavy atom. The van der Waals surface area contributed by atoms with Crippen molar-refractivity contribution < 1.29 is 23.1 Å². The number of carbonyl (C=O) groups excluding carboxylic acids is 2. The van der Waals surface area contributed by atoms with Gasteiger partial charge in [-0.05, 0) is 32.4 Å². The summed E-state index contributed by atoms with van der Waals surface area (Å²) in [5, 5.41) is 0. The highest BCUT2D eigenvalue weighted by atomic mass is 79.9. The van der Waals surface area contributed by atoms with E-state index in [1.807, 2.05) is 0 Å². The average molecular weight is 361 g/mol. The van der Waals surface area contributed by atoms with E-state index in [1.54, 1.807) is 39.0 Å². The summed E-state index contributed by atoms with van der Waals surface area (Å²) in [6.45, 7) is 4.73. The smallest absolute Gasteiger partial charge is 0.326 e. The number of halogens is 3. The van der Waals surface area contributed by atoms with E-state index in [4.69, 9.17) is 4.74 Å².